The van der Waals surface area contributed by atoms with Crippen LogP contribution in [0.5, 0.6) is 5.75 Å². The van der Waals surface area contributed by atoms with Gasteiger partial charge >= 0.3 is 0 Å². The number of ether oxygens (including phenoxy) is 1. The number of carbonyl (C=O) groups excluding carboxylic acids is 2. The van der Waals surface area contributed by atoms with E-state index >= 15 is 0 Å². The standard InChI is InChI=1S/C32H38N4O3/c1-3-39-30-14-10-25(11-15-30)19-32(38)34-22-27-8-4-5-9-31(27)35(24(2)37)18-16-28-12-13-29(23-34)36(28)21-26-7-6-17-33-20-26/h4-11,14-15,17,20,28-29H,3,12-13,16,18-19,21-23H2,1-2H3. The first-order valence-electron chi connectivity index (χ1n) is 14.0. The lowest BCUT2D eigenvalue weighted by molar-refractivity contribution is -0.132. The van der Waals surface area contributed by atoms with Crippen molar-refractivity contribution in [2.75, 3.05) is 24.6 Å². The quantitative estimate of drug-likeness (QED) is 0.460. The first-order valence-corrected chi connectivity index (χ1v) is 14.0. The maximum Gasteiger partial charge on any atom is 0.227 e. The number of hydrogen-bond donors (Lipinski definition) is 0. The third kappa shape index (κ3) is 6.48. The molecule has 0 saturated carbocycles. The van der Waals surface area contributed by atoms with E-state index in [1.165, 1.54) is 5.56 Å². The highest BCUT2D eigenvalue weighted by atomic mass is 16.5. The molecule has 0 radical (unpaired) electrons. The molecule has 2 amide bonds. The SMILES string of the molecule is CCOc1ccc(CC(=O)N2Cc3ccccc3N(C(C)=O)CCC3CCC(C2)N3Cc2cccnc2)cc1. The van der Waals surface area contributed by atoms with Crippen LogP contribution in [0.4, 0.5) is 5.69 Å². The summed E-state index contributed by atoms with van der Waals surface area (Å²) in [5.41, 5.74) is 4.04. The molecule has 1 fully saturated rings. The first kappa shape index (κ1) is 26.9. The van der Waals surface area contributed by atoms with Gasteiger partial charge in [0.25, 0.3) is 0 Å². The van der Waals surface area contributed by atoms with Crippen LogP contribution in [-0.2, 0) is 29.1 Å². The molecule has 2 bridgehead atoms. The van der Waals surface area contributed by atoms with E-state index in [1.807, 2.05) is 77.5 Å². The highest BCUT2D eigenvalue weighted by Gasteiger charge is 2.36. The third-order valence-electron chi connectivity index (χ3n) is 7.94. The fourth-order valence-corrected chi connectivity index (χ4v) is 5.99. The zero-order chi connectivity index (χ0) is 27.2. The predicted octanol–water partition coefficient (Wildman–Crippen LogP) is 4.84. The Kier molecular flexibility index (Phi) is 8.57. The summed E-state index contributed by atoms with van der Waals surface area (Å²) in [6.45, 7) is 6.78. The molecule has 3 heterocycles. The molecule has 39 heavy (non-hydrogen) atoms. The van der Waals surface area contributed by atoms with Crippen LogP contribution in [0.1, 0.15) is 49.8 Å². The van der Waals surface area contributed by atoms with Crippen LogP contribution >= 0.6 is 0 Å². The molecular weight excluding hydrogens is 488 g/mol. The molecule has 1 saturated heterocycles. The first-order chi connectivity index (χ1) is 19.0. The van der Waals surface area contributed by atoms with E-state index in [-0.39, 0.29) is 17.9 Å². The molecule has 2 aliphatic rings. The van der Waals surface area contributed by atoms with E-state index in [2.05, 4.69) is 16.0 Å². The molecule has 204 valence electrons. The number of hydrogen-bond acceptors (Lipinski definition) is 5. The highest BCUT2D eigenvalue weighted by Crippen LogP contribution is 2.32. The van der Waals surface area contributed by atoms with Gasteiger partial charge in [0.15, 0.2) is 0 Å². The van der Waals surface area contributed by atoms with Crippen LogP contribution in [0.2, 0.25) is 0 Å². The van der Waals surface area contributed by atoms with Crippen LogP contribution < -0.4 is 9.64 Å². The molecule has 0 aliphatic carbocycles. The van der Waals surface area contributed by atoms with E-state index < -0.39 is 0 Å². The molecule has 1 aromatic heterocycles. The number of amides is 2. The lowest BCUT2D eigenvalue weighted by Gasteiger charge is -2.34. The van der Waals surface area contributed by atoms with Gasteiger partial charge in [-0.05, 0) is 67.1 Å². The lowest BCUT2D eigenvalue weighted by atomic mass is 10.1. The minimum atomic E-state index is 0.0299. The summed E-state index contributed by atoms with van der Waals surface area (Å²) >= 11 is 0. The normalized spacial score (nSPS) is 19.7. The summed E-state index contributed by atoms with van der Waals surface area (Å²) in [6.07, 6.45) is 7.03. The van der Waals surface area contributed by atoms with Crippen molar-refractivity contribution in [1.82, 2.24) is 14.8 Å². The minimum Gasteiger partial charge on any atom is -0.494 e. The van der Waals surface area contributed by atoms with Crippen LogP contribution in [0.25, 0.3) is 0 Å². The Morgan fingerprint density at radius 3 is 2.49 bits per heavy atom. The summed E-state index contributed by atoms with van der Waals surface area (Å²) in [7, 11) is 0. The summed E-state index contributed by atoms with van der Waals surface area (Å²) in [6, 6.07) is 20.5. The molecule has 0 spiro atoms. The van der Waals surface area contributed by atoms with Gasteiger partial charge in [0.2, 0.25) is 11.8 Å². The van der Waals surface area contributed by atoms with E-state index in [9.17, 15) is 9.59 Å². The second-order valence-electron chi connectivity index (χ2n) is 10.5. The number of nitrogens with zero attached hydrogens (tertiary/aromatic N) is 4. The Morgan fingerprint density at radius 2 is 1.74 bits per heavy atom. The Hall–Kier alpha value is -3.71. The molecule has 3 aromatic rings. The molecule has 7 heteroatoms. The van der Waals surface area contributed by atoms with Crippen LogP contribution in [0.3, 0.4) is 0 Å². The summed E-state index contributed by atoms with van der Waals surface area (Å²) in [5.74, 6) is 0.930. The van der Waals surface area contributed by atoms with Gasteiger partial charge in [-0.15, -0.1) is 0 Å². The number of rotatable bonds is 6. The number of para-hydroxylation sites is 1. The van der Waals surface area contributed by atoms with E-state index in [1.54, 1.807) is 13.1 Å². The fraction of sp³-hybridized carbons (Fsp3) is 0.406. The molecule has 0 N–H and O–H groups in total. The van der Waals surface area contributed by atoms with Crippen LogP contribution in [0, 0.1) is 0 Å². The summed E-state index contributed by atoms with van der Waals surface area (Å²) in [5, 5.41) is 0. The molecular formula is C32H38N4O3. The number of aromatic nitrogens is 1. The van der Waals surface area contributed by atoms with Crippen molar-refractivity contribution < 1.29 is 14.3 Å². The monoisotopic (exact) mass is 526 g/mol. The number of anilines is 1. The van der Waals surface area contributed by atoms with Crippen LogP contribution in [-0.4, -0.2) is 58.4 Å². The number of benzene rings is 2. The fourth-order valence-electron chi connectivity index (χ4n) is 5.99. The van der Waals surface area contributed by atoms with Crippen molar-refractivity contribution in [2.24, 2.45) is 0 Å². The number of carbonyl (C=O) groups is 2. The Morgan fingerprint density at radius 1 is 0.949 bits per heavy atom. The number of fused-ring (bicyclic) bond motifs is 3. The Balaban J connectivity index is 1.46. The van der Waals surface area contributed by atoms with E-state index in [0.29, 0.717) is 38.7 Å². The van der Waals surface area contributed by atoms with Crippen molar-refractivity contribution in [1.29, 1.82) is 0 Å². The van der Waals surface area contributed by atoms with Crippen molar-refractivity contribution in [3.8, 4) is 5.75 Å². The Labute approximate surface area is 231 Å². The summed E-state index contributed by atoms with van der Waals surface area (Å²) < 4.78 is 5.57. The van der Waals surface area contributed by atoms with Gasteiger partial charge in [-0.2, -0.15) is 0 Å². The average Bonchev–Trinajstić information content (AvgIpc) is 3.30. The van der Waals surface area contributed by atoms with Gasteiger partial charge in [-0.1, -0.05) is 36.4 Å². The molecule has 2 atom stereocenters. The lowest BCUT2D eigenvalue weighted by Crippen LogP contribution is -2.45. The van der Waals surface area contributed by atoms with Gasteiger partial charge in [0.05, 0.1) is 13.0 Å². The molecule has 2 aromatic carbocycles. The van der Waals surface area contributed by atoms with Gasteiger partial charge in [0.1, 0.15) is 5.75 Å². The van der Waals surface area contributed by atoms with Crippen molar-refractivity contribution in [3.05, 3.63) is 89.7 Å². The molecule has 2 unspecified atom stereocenters. The van der Waals surface area contributed by atoms with Crippen LogP contribution in [0.15, 0.2) is 73.1 Å². The largest absolute Gasteiger partial charge is 0.494 e. The average molecular weight is 527 g/mol. The molecule has 5 rings (SSSR count). The topological polar surface area (TPSA) is 66.0 Å². The van der Waals surface area contributed by atoms with Gasteiger partial charge < -0.3 is 14.5 Å². The maximum atomic E-state index is 13.9. The smallest absolute Gasteiger partial charge is 0.227 e. The van der Waals surface area contributed by atoms with E-state index in [4.69, 9.17) is 4.74 Å². The number of pyridine rings is 1. The maximum absolute atomic E-state index is 13.9. The third-order valence-corrected chi connectivity index (χ3v) is 7.94. The van der Waals surface area contributed by atoms with E-state index in [0.717, 1.165) is 48.4 Å². The van der Waals surface area contributed by atoms with Crippen molar-refractivity contribution in [2.45, 2.75) is 64.7 Å². The molecule has 7 nitrogen and oxygen atoms in total. The minimum absolute atomic E-state index is 0.0299. The highest BCUT2D eigenvalue weighted by molar-refractivity contribution is 5.92. The zero-order valence-corrected chi connectivity index (χ0v) is 23.0. The van der Waals surface area contributed by atoms with Crippen molar-refractivity contribution in [3.63, 3.8) is 0 Å². The zero-order valence-electron chi connectivity index (χ0n) is 23.0. The van der Waals surface area contributed by atoms with Gasteiger partial charge in [-0.3, -0.25) is 19.5 Å². The Bertz CT molecular complexity index is 1260. The second-order valence-corrected chi connectivity index (χ2v) is 10.5. The van der Waals surface area contributed by atoms with Gasteiger partial charge in [-0.25, -0.2) is 0 Å². The molecule has 2 aliphatic heterocycles. The second kappa shape index (κ2) is 12.4. The summed E-state index contributed by atoms with van der Waals surface area (Å²) in [4.78, 5) is 37.5. The van der Waals surface area contributed by atoms with Gasteiger partial charge in [0, 0.05) is 63.3 Å². The van der Waals surface area contributed by atoms with Crippen molar-refractivity contribution >= 4 is 17.5 Å². The predicted molar refractivity (Wildman–Crippen MR) is 152 cm³/mol.